The molecule has 9 nitrogen and oxygen atoms in total. The molecule has 0 aromatic heterocycles. The van der Waals surface area contributed by atoms with Crippen LogP contribution in [-0.2, 0) is 9.53 Å². The minimum absolute atomic E-state index is 0.0130. The van der Waals surface area contributed by atoms with Gasteiger partial charge in [-0.15, -0.1) is 0 Å². The Morgan fingerprint density at radius 3 is 2.84 bits per heavy atom. The van der Waals surface area contributed by atoms with Crippen LogP contribution in [0.25, 0.3) is 0 Å². The number of ether oxygens (including phenoxy) is 2. The van der Waals surface area contributed by atoms with Gasteiger partial charge in [0.25, 0.3) is 0 Å². The van der Waals surface area contributed by atoms with E-state index in [0.717, 1.165) is 76.8 Å². The lowest BCUT2D eigenvalue weighted by molar-refractivity contribution is -0.127. The van der Waals surface area contributed by atoms with Gasteiger partial charge in [-0.25, -0.2) is 4.99 Å². The fourth-order valence-corrected chi connectivity index (χ4v) is 3.93. The van der Waals surface area contributed by atoms with Crippen molar-refractivity contribution >= 4 is 17.6 Å². The third-order valence-corrected chi connectivity index (χ3v) is 5.88. The summed E-state index contributed by atoms with van der Waals surface area (Å²) in [5.41, 5.74) is 1.16. The molecular weight excluding hydrogens is 408 g/mol. The number of benzene rings is 1. The summed E-state index contributed by atoms with van der Waals surface area (Å²) in [4.78, 5) is 23.0. The van der Waals surface area contributed by atoms with E-state index in [9.17, 15) is 4.79 Å². The van der Waals surface area contributed by atoms with Crippen LogP contribution in [0, 0.1) is 0 Å². The summed E-state index contributed by atoms with van der Waals surface area (Å²) in [5, 5.41) is 7.00. The highest BCUT2D eigenvalue weighted by Crippen LogP contribution is 2.24. The molecule has 0 bridgehead atoms. The SMILES string of the molecule is COc1cccc(N2CCCC(NC(=NCC(=O)N(C)C)NCCN3CCOCC3)C2)c1. The lowest BCUT2D eigenvalue weighted by atomic mass is 10.0. The number of nitrogens with one attached hydrogen (secondary N) is 2. The number of methoxy groups -OCH3 is 1. The van der Waals surface area contributed by atoms with Crippen LogP contribution in [0.5, 0.6) is 5.75 Å². The maximum absolute atomic E-state index is 12.1. The van der Waals surface area contributed by atoms with E-state index < -0.39 is 0 Å². The Hall–Kier alpha value is -2.52. The highest BCUT2D eigenvalue weighted by atomic mass is 16.5. The third kappa shape index (κ3) is 7.56. The van der Waals surface area contributed by atoms with E-state index in [4.69, 9.17) is 9.47 Å². The second kappa shape index (κ2) is 12.5. The first-order valence-corrected chi connectivity index (χ1v) is 11.5. The van der Waals surface area contributed by atoms with E-state index in [1.165, 1.54) is 0 Å². The number of anilines is 1. The topological polar surface area (TPSA) is 81.7 Å². The number of likely N-dealkylation sites (N-methyl/N-ethyl adjacent to an activating group) is 1. The van der Waals surface area contributed by atoms with E-state index >= 15 is 0 Å². The van der Waals surface area contributed by atoms with Gasteiger partial charge in [0.15, 0.2) is 5.96 Å². The van der Waals surface area contributed by atoms with Gasteiger partial charge in [0.05, 0.1) is 20.3 Å². The fraction of sp³-hybridized carbons (Fsp3) is 0.652. The monoisotopic (exact) mass is 446 g/mol. The molecule has 1 amide bonds. The number of piperidine rings is 1. The highest BCUT2D eigenvalue weighted by Gasteiger charge is 2.22. The van der Waals surface area contributed by atoms with E-state index in [-0.39, 0.29) is 18.5 Å². The second-order valence-electron chi connectivity index (χ2n) is 8.46. The zero-order valence-electron chi connectivity index (χ0n) is 19.7. The first-order chi connectivity index (χ1) is 15.5. The molecular formula is C23H38N6O3. The first-order valence-electron chi connectivity index (χ1n) is 11.5. The van der Waals surface area contributed by atoms with Crippen molar-refractivity contribution in [3.63, 3.8) is 0 Å². The second-order valence-corrected chi connectivity index (χ2v) is 8.46. The van der Waals surface area contributed by atoms with Crippen molar-refractivity contribution in [1.29, 1.82) is 0 Å². The lowest BCUT2D eigenvalue weighted by Gasteiger charge is -2.35. The minimum Gasteiger partial charge on any atom is -0.497 e. The molecule has 2 saturated heterocycles. The predicted octanol–water partition coefficient (Wildman–Crippen LogP) is 0.620. The van der Waals surface area contributed by atoms with Crippen molar-refractivity contribution in [3.8, 4) is 5.75 Å². The van der Waals surface area contributed by atoms with Crippen molar-refractivity contribution in [3.05, 3.63) is 24.3 Å². The van der Waals surface area contributed by atoms with Crippen LogP contribution in [0.2, 0.25) is 0 Å². The van der Waals surface area contributed by atoms with Crippen molar-refractivity contribution in [2.24, 2.45) is 4.99 Å². The summed E-state index contributed by atoms with van der Waals surface area (Å²) >= 11 is 0. The summed E-state index contributed by atoms with van der Waals surface area (Å²) in [6.45, 7) is 7.21. The Balaban J connectivity index is 1.58. The quantitative estimate of drug-likeness (QED) is 0.448. The summed E-state index contributed by atoms with van der Waals surface area (Å²) in [6, 6.07) is 8.44. The standard InChI is InChI=1S/C23H38N6O3/c1-27(2)22(30)17-25-23(24-9-11-28-12-14-32-15-13-28)26-19-6-5-10-29(18-19)20-7-4-8-21(16-20)31-3/h4,7-8,16,19H,5-6,9-15,17-18H2,1-3H3,(H2,24,25,26). The van der Waals surface area contributed by atoms with Crippen molar-refractivity contribution in [2.75, 3.05) is 85.1 Å². The normalized spacial score (nSPS) is 20.0. The van der Waals surface area contributed by atoms with Gasteiger partial charge in [-0.3, -0.25) is 9.69 Å². The van der Waals surface area contributed by atoms with Gasteiger partial charge in [0.1, 0.15) is 12.3 Å². The molecule has 2 fully saturated rings. The molecule has 0 radical (unpaired) electrons. The molecule has 2 heterocycles. The summed E-state index contributed by atoms with van der Waals surface area (Å²) in [5.74, 6) is 1.55. The zero-order chi connectivity index (χ0) is 22.8. The number of morpholine rings is 1. The lowest BCUT2D eigenvalue weighted by Crippen LogP contribution is -2.52. The summed E-state index contributed by atoms with van der Waals surface area (Å²) in [6.07, 6.45) is 2.15. The van der Waals surface area contributed by atoms with Crippen molar-refractivity contribution in [1.82, 2.24) is 20.4 Å². The number of guanidine groups is 1. The number of aliphatic imine (C=N–C) groups is 1. The number of amides is 1. The Labute approximate surface area is 191 Å². The third-order valence-electron chi connectivity index (χ3n) is 5.88. The number of hydrogen-bond donors (Lipinski definition) is 2. The first kappa shape index (κ1) is 24.1. The van der Waals surface area contributed by atoms with Gasteiger partial charge in [0, 0.05) is 71.2 Å². The van der Waals surface area contributed by atoms with E-state index in [2.05, 4.69) is 37.6 Å². The van der Waals surface area contributed by atoms with Gasteiger partial charge in [0.2, 0.25) is 5.91 Å². The Morgan fingerprint density at radius 1 is 1.28 bits per heavy atom. The number of nitrogens with zero attached hydrogens (tertiary/aromatic N) is 4. The molecule has 0 aliphatic carbocycles. The van der Waals surface area contributed by atoms with E-state index in [1.807, 2.05) is 12.1 Å². The molecule has 0 spiro atoms. The highest BCUT2D eigenvalue weighted by molar-refractivity contribution is 5.85. The Bertz CT molecular complexity index is 751. The maximum Gasteiger partial charge on any atom is 0.243 e. The smallest absolute Gasteiger partial charge is 0.243 e. The van der Waals surface area contributed by atoms with E-state index in [1.54, 1.807) is 26.1 Å². The molecule has 2 aliphatic rings. The van der Waals surface area contributed by atoms with Crippen LogP contribution in [0.4, 0.5) is 5.69 Å². The van der Waals surface area contributed by atoms with Crippen LogP contribution in [0.15, 0.2) is 29.3 Å². The molecule has 1 atom stereocenters. The maximum atomic E-state index is 12.1. The molecule has 178 valence electrons. The van der Waals surface area contributed by atoms with Crippen molar-refractivity contribution in [2.45, 2.75) is 18.9 Å². The van der Waals surface area contributed by atoms with Crippen LogP contribution < -0.4 is 20.3 Å². The molecule has 2 aliphatic heterocycles. The number of carbonyl (C=O) groups is 1. The summed E-state index contributed by atoms with van der Waals surface area (Å²) < 4.78 is 10.8. The Kier molecular flexibility index (Phi) is 9.43. The van der Waals surface area contributed by atoms with Crippen LogP contribution in [0.1, 0.15) is 12.8 Å². The van der Waals surface area contributed by atoms with Gasteiger partial charge in [-0.05, 0) is 25.0 Å². The van der Waals surface area contributed by atoms with Crippen LogP contribution in [0.3, 0.4) is 0 Å². The number of rotatable bonds is 8. The molecule has 1 aromatic rings. The van der Waals surface area contributed by atoms with Crippen molar-refractivity contribution < 1.29 is 14.3 Å². The molecule has 1 unspecified atom stereocenters. The zero-order valence-corrected chi connectivity index (χ0v) is 19.7. The molecule has 9 heteroatoms. The predicted molar refractivity (Wildman–Crippen MR) is 128 cm³/mol. The summed E-state index contributed by atoms with van der Waals surface area (Å²) in [7, 11) is 5.20. The van der Waals surface area contributed by atoms with Crippen LogP contribution >= 0.6 is 0 Å². The van der Waals surface area contributed by atoms with Gasteiger partial charge in [-0.2, -0.15) is 0 Å². The molecule has 32 heavy (non-hydrogen) atoms. The largest absolute Gasteiger partial charge is 0.497 e. The molecule has 1 aromatic carbocycles. The van der Waals surface area contributed by atoms with Gasteiger partial charge in [-0.1, -0.05) is 6.07 Å². The average molecular weight is 447 g/mol. The Morgan fingerprint density at radius 2 is 2.09 bits per heavy atom. The number of carbonyl (C=O) groups excluding carboxylic acids is 1. The molecule has 3 rings (SSSR count). The van der Waals surface area contributed by atoms with Gasteiger partial charge < -0.3 is 29.9 Å². The molecule has 2 N–H and O–H groups in total. The number of hydrogen-bond acceptors (Lipinski definition) is 6. The minimum atomic E-state index is -0.0130. The van der Waals surface area contributed by atoms with Crippen LogP contribution in [-0.4, -0.2) is 108 Å². The molecule has 0 saturated carbocycles. The van der Waals surface area contributed by atoms with E-state index in [0.29, 0.717) is 5.96 Å². The average Bonchev–Trinajstić information content (AvgIpc) is 2.83. The van der Waals surface area contributed by atoms with Gasteiger partial charge >= 0.3 is 0 Å². The fourth-order valence-electron chi connectivity index (χ4n) is 3.93.